The summed E-state index contributed by atoms with van der Waals surface area (Å²) in [6, 6.07) is 5.14. The van der Waals surface area contributed by atoms with Crippen LogP contribution < -0.4 is 5.46 Å². The maximum Gasteiger partial charge on any atom is 0.489 e. The number of aldehydes is 1. The lowest BCUT2D eigenvalue weighted by Gasteiger charge is -2.11. The van der Waals surface area contributed by atoms with Gasteiger partial charge in [0.1, 0.15) is 6.29 Å². The van der Waals surface area contributed by atoms with E-state index < -0.39 is 7.12 Å². The summed E-state index contributed by atoms with van der Waals surface area (Å²) in [5.41, 5.74) is 1.66. The van der Waals surface area contributed by atoms with Crippen molar-refractivity contribution in [2.45, 2.75) is 26.2 Å². The number of benzene rings is 1. The van der Waals surface area contributed by atoms with E-state index in [1.165, 1.54) is 0 Å². The zero-order valence-electron chi connectivity index (χ0n) is 8.97. The molecule has 15 heavy (non-hydrogen) atoms. The quantitative estimate of drug-likeness (QED) is 0.562. The van der Waals surface area contributed by atoms with E-state index in [-0.39, 0.29) is 5.46 Å². The molecule has 1 unspecified atom stereocenters. The van der Waals surface area contributed by atoms with E-state index in [1.807, 2.05) is 6.07 Å². The number of carbonyl (C=O) groups excluding carboxylic acids is 1. The van der Waals surface area contributed by atoms with Gasteiger partial charge in [-0.2, -0.15) is 0 Å². The number of hydrogen-bond acceptors (Lipinski definition) is 3. The first-order chi connectivity index (χ1) is 7.10. The van der Waals surface area contributed by atoms with Crippen LogP contribution in [0.5, 0.6) is 0 Å². The highest BCUT2D eigenvalue weighted by molar-refractivity contribution is 6.60. The van der Waals surface area contributed by atoms with Crippen molar-refractivity contribution in [1.82, 2.24) is 0 Å². The highest BCUT2D eigenvalue weighted by atomic mass is 16.4. The van der Waals surface area contributed by atoms with Crippen molar-refractivity contribution in [2.75, 3.05) is 0 Å². The lowest BCUT2D eigenvalue weighted by Crippen LogP contribution is -2.33. The standard InChI is InChI=1S/C11H15BO3/c1-3-8(2)9-4-5-11(12(14)15)10(6-9)7-13/h4-8,14-15H,3H2,1-2H3. The fraction of sp³-hybridized carbons (Fsp3) is 0.364. The first-order valence-electron chi connectivity index (χ1n) is 5.05. The van der Waals surface area contributed by atoms with E-state index in [2.05, 4.69) is 13.8 Å². The van der Waals surface area contributed by atoms with Crippen LogP contribution in [0.3, 0.4) is 0 Å². The second-order valence-corrected chi connectivity index (χ2v) is 3.69. The molecule has 0 fully saturated rings. The van der Waals surface area contributed by atoms with E-state index in [1.54, 1.807) is 12.1 Å². The number of rotatable bonds is 4. The zero-order valence-corrected chi connectivity index (χ0v) is 8.97. The molecule has 1 rings (SSSR count). The summed E-state index contributed by atoms with van der Waals surface area (Å²) in [4.78, 5) is 10.8. The minimum Gasteiger partial charge on any atom is -0.423 e. The van der Waals surface area contributed by atoms with Crippen molar-refractivity contribution in [1.29, 1.82) is 0 Å². The Labute approximate surface area is 89.9 Å². The summed E-state index contributed by atoms with van der Waals surface area (Å²) in [5.74, 6) is 0.369. The minimum absolute atomic E-state index is 0.261. The van der Waals surface area contributed by atoms with Gasteiger partial charge < -0.3 is 10.0 Å². The highest BCUT2D eigenvalue weighted by Gasteiger charge is 2.16. The molecule has 0 amide bonds. The molecule has 0 aliphatic carbocycles. The van der Waals surface area contributed by atoms with Gasteiger partial charge in [0.05, 0.1) is 0 Å². The molecule has 0 aliphatic rings. The Morgan fingerprint density at radius 1 is 1.47 bits per heavy atom. The van der Waals surface area contributed by atoms with Gasteiger partial charge >= 0.3 is 7.12 Å². The molecule has 0 saturated heterocycles. The van der Waals surface area contributed by atoms with Crippen LogP contribution in [0.1, 0.15) is 42.1 Å². The lowest BCUT2D eigenvalue weighted by molar-refractivity contribution is 0.112. The minimum atomic E-state index is -1.59. The topological polar surface area (TPSA) is 57.5 Å². The summed E-state index contributed by atoms with van der Waals surface area (Å²) < 4.78 is 0. The third-order valence-corrected chi connectivity index (χ3v) is 2.70. The summed E-state index contributed by atoms with van der Waals surface area (Å²) in [5, 5.41) is 18.0. The van der Waals surface area contributed by atoms with Crippen LogP contribution in [-0.4, -0.2) is 23.5 Å². The van der Waals surface area contributed by atoms with Gasteiger partial charge in [0.2, 0.25) is 0 Å². The van der Waals surface area contributed by atoms with Gasteiger partial charge in [-0.1, -0.05) is 26.0 Å². The molecule has 3 nitrogen and oxygen atoms in total. The van der Waals surface area contributed by atoms with Crippen molar-refractivity contribution >= 4 is 18.9 Å². The lowest BCUT2D eigenvalue weighted by atomic mass is 9.76. The largest absolute Gasteiger partial charge is 0.489 e. The van der Waals surface area contributed by atoms with Gasteiger partial charge in [-0.25, -0.2) is 0 Å². The molecule has 0 heterocycles. The molecule has 1 aromatic rings. The molecular weight excluding hydrogens is 191 g/mol. The van der Waals surface area contributed by atoms with E-state index in [0.29, 0.717) is 17.8 Å². The number of hydrogen-bond donors (Lipinski definition) is 2. The Bertz CT molecular complexity index is 350. The predicted molar refractivity (Wildman–Crippen MR) is 60.4 cm³/mol. The van der Waals surface area contributed by atoms with Gasteiger partial charge in [-0.05, 0) is 29.4 Å². The molecule has 0 aliphatic heterocycles. The van der Waals surface area contributed by atoms with Crippen LogP contribution in [0.2, 0.25) is 0 Å². The van der Waals surface area contributed by atoms with Crippen LogP contribution in [-0.2, 0) is 0 Å². The molecule has 0 bridgehead atoms. The Balaban J connectivity index is 3.13. The SMILES string of the molecule is CCC(C)c1ccc(B(O)O)c(C=O)c1. The molecule has 1 aromatic carbocycles. The molecule has 2 N–H and O–H groups in total. The maximum atomic E-state index is 10.8. The van der Waals surface area contributed by atoms with Gasteiger partial charge in [0.15, 0.2) is 0 Å². The molecule has 0 saturated carbocycles. The monoisotopic (exact) mass is 206 g/mol. The zero-order chi connectivity index (χ0) is 11.4. The second-order valence-electron chi connectivity index (χ2n) is 3.69. The van der Waals surface area contributed by atoms with Gasteiger partial charge in [0.25, 0.3) is 0 Å². The van der Waals surface area contributed by atoms with Gasteiger partial charge in [-0.3, -0.25) is 4.79 Å². The normalized spacial score (nSPS) is 12.3. The van der Waals surface area contributed by atoms with Crippen LogP contribution in [0.15, 0.2) is 18.2 Å². The van der Waals surface area contributed by atoms with Crippen molar-refractivity contribution in [2.24, 2.45) is 0 Å². The van der Waals surface area contributed by atoms with Crippen molar-refractivity contribution in [3.8, 4) is 0 Å². The highest BCUT2D eigenvalue weighted by Crippen LogP contribution is 2.18. The van der Waals surface area contributed by atoms with Crippen molar-refractivity contribution in [3.05, 3.63) is 29.3 Å². The van der Waals surface area contributed by atoms with Crippen molar-refractivity contribution < 1.29 is 14.8 Å². The molecule has 4 heteroatoms. The Morgan fingerprint density at radius 3 is 2.60 bits per heavy atom. The Kier molecular flexibility index (Phi) is 4.06. The molecule has 0 radical (unpaired) electrons. The summed E-state index contributed by atoms with van der Waals surface area (Å²) >= 11 is 0. The summed E-state index contributed by atoms with van der Waals surface area (Å²) in [6.07, 6.45) is 1.64. The van der Waals surface area contributed by atoms with Gasteiger partial charge in [-0.15, -0.1) is 0 Å². The van der Waals surface area contributed by atoms with E-state index in [0.717, 1.165) is 12.0 Å². The predicted octanol–water partition coefficient (Wildman–Crippen LogP) is 0.692. The van der Waals surface area contributed by atoms with E-state index in [9.17, 15) is 4.79 Å². The van der Waals surface area contributed by atoms with E-state index in [4.69, 9.17) is 10.0 Å². The summed E-state index contributed by atoms with van der Waals surface area (Å²) in [6.45, 7) is 4.14. The Hall–Kier alpha value is -1.13. The third kappa shape index (κ3) is 2.67. The average molecular weight is 206 g/mol. The molecular formula is C11H15BO3. The number of carbonyl (C=O) groups is 1. The average Bonchev–Trinajstić information content (AvgIpc) is 2.26. The molecule has 1 atom stereocenters. The van der Waals surface area contributed by atoms with Crippen LogP contribution >= 0.6 is 0 Å². The molecule has 0 spiro atoms. The third-order valence-electron chi connectivity index (χ3n) is 2.70. The van der Waals surface area contributed by atoms with E-state index >= 15 is 0 Å². The molecule has 0 aromatic heterocycles. The maximum absolute atomic E-state index is 10.8. The molecule has 80 valence electrons. The Morgan fingerprint density at radius 2 is 2.13 bits per heavy atom. The first-order valence-corrected chi connectivity index (χ1v) is 5.05. The van der Waals surface area contributed by atoms with Crippen LogP contribution in [0.25, 0.3) is 0 Å². The van der Waals surface area contributed by atoms with Crippen LogP contribution in [0.4, 0.5) is 0 Å². The van der Waals surface area contributed by atoms with Crippen LogP contribution in [0, 0.1) is 0 Å². The first kappa shape index (κ1) is 11.9. The van der Waals surface area contributed by atoms with Gasteiger partial charge in [0, 0.05) is 5.56 Å². The fourth-order valence-corrected chi connectivity index (χ4v) is 1.47. The fourth-order valence-electron chi connectivity index (χ4n) is 1.47. The summed E-state index contributed by atoms with van der Waals surface area (Å²) in [7, 11) is -1.59. The second kappa shape index (κ2) is 5.10. The smallest absolute Gasteiger partial charge is 0.423 e. The van der Waals surface area contributed by atoms with Crippen molar-refractivity contribution in [3.63, 3.8) is 0 Å².